The van der Waals surface area contributed by atoms with Gasteiger partial charge in [-0.15, -0.1) is 0 Å². The summed E-state index contributed by atoms with van der Waals surface area (Å²) in [5, 5.41) is 2.79. The number of benzene rings is 1. The molecule has 0 saturated carbocycles. The van der Waals surface area contributed by atoms with Crippen LogP contribution in [0.3, 0.4) is 0 Å². The summed E-state index contributed by atoms with van der Waals surface area (Å²) in [6.07, 6.45) is -6.05. The number of carbonyl (C=O) groups excluding carboxylic acids is 2. The number of ketones is 1. The smallest absolute Gasteiger partial charge is 0.399 e. The number of nitrogens with zero attached hydrogens (tertiary/aromatic N) is 3. The molecule has 118 valence electrons. The summed E-state index contributed by atoms with van der Waals surface area (Å²) in [7, 11) is 0. The lowest BCUT2D eigenvalue weighted by molar-refractivity contribution is -0.188. The fourth-order valence-corrected chi connectivity index (χ4v) is 1.59. The number of rotatable bonds is 7. The van der Waals surface area contributed by atoms with E-state index >= 15 is 0 Å². The Balaban J connectivity index is 2.63. The van der Waals surface area contributed by atoms with Gasteiger partial charge < -0.3 is 4.74 Å². The summed E-state index contributed by atoms with van der Waals surface area (Å²) in [5.74, 6) is -5.07. The van der Waals surface area contributed by atoms with Crippen LogP contribution in [0.2, 0.25) is 0 Å². The van der Waals surface area contributed by atoms with Crippen LogP contribution in [0.5, 0.6) is 0 Å². The van der Waals surface area contributed by atoms with Crippen LogP contribution < -0.4 is 0 Å². The average Bonchev–Trinajstić information content (AvgIpc) is 2.48. The molecule has 22 heavy (non-hydrogen) atoms. The highest BCUT2D eigenvalue weighted by Crippen LogP contribution is 2.30. The van der Waals surface area contributed by atoms with Crippen molar-refractivity contribution in [1.29, 1.82) is 0 Å². The highest BCUT2D eigenvalue weighted by atomic mass is 19.4. The Morgan fingerprint density at radius 1 is 1.27 bits per heavy atom. The first-order chi connectivity index (χ1) is 10.3. The van der Waals surface area contributed by atoms with Crippen LogP contribution in [0, 0.1) is 5.92 Å². The minimum atomic E-state index is -4.91. The van der Waals surface area contributed by atoms with E-state index in [0.29, 0.717) is 5.56 Å². The molecule has 0 heterocycles. The van der Waals surface area contributed by atoms with Crippen molar-refractivity contribution < 1.29 is 27.5 Å². The maximum absolute atomic E-state index is 12.8. The largest absolute Gasteiger partial charge is 0.461 e. The molecule has 0 saturated heterocycles. The molecule has 1 unspecified atom stereocenters. The Bertz CT molecular complexity index is 569. The molecule has 0 radical (unpaired) electrons. The van der Waals surface area contributed by atoms with E-state index in [4.69, 9.17) is 10.3 Å². The van der Waals surface area contributed by atoms with Crippen LogP contribution in [-0.2, 0) is 20.9 Å². The van der Waals surface area contributed by atoms with Crippen molar-refractivity contribution >= 4 is 11.8 Å². The number of hydrogen-bond donors (Lipinski definition) is 0. The number of Topliss-reactive ketones (excluding diaryl/α,β-unsaturated/α-hetero) is 1. The first-order valence-electron chi connectivity index (χ1n) is 6.14. The lowest BCUT2D eigenvalue weighted by Crippen LogP contribution is -2.34. The van der Waals surface area contributed by atoms with E-state index in [1.165, 1.54) is 0 Å². The van der Waals surface area contributed by atoms with E-state index in [-0.39, 0.29) is 6.61 Å². The van der Waals surface area contributed by atoms with Crippen LogP contribution in [0.25, 0.3) is 10.4 Å². The van der Waals surface area contributed by atoms with Gasteiger partial charge in [0, 0.05) is 4.91 Å². The summed E-state index contributed by atoms with van der Waals surface area (Å²) in [6.45, 7) is -1.15. The maximum atomic E-state index is 12.8. The lowest BCUT2D eigenvalue weighted by Gasteiger charge is -2.17. The molecule has 1 aromatic carbocycles. The monoisotopic (exact) mass is 315 g/mol. The molecule has 0 aromatic heterocycles. The summed E-state index contributed by atoms with van der Waals surface area (Å²) >= 11 is 0. The first kappa shape index (κ1) is 17.5. The molecular formula is C13H12F3N3O3. The molecule has 9 heteroatoms. The van der Waals surface area contributed by atoms with Gasteiger partial charge in [0.2, 0.25) is 0 Å². The lowest BCUT2D eigenvalue weighted by atomic mass is 9.99. The fraction of sp³-hybridized carbons (Fsp3) is 0.385. The molecule has 1 rings (SSSR count). The van der Waals surface area contributed by atoms with E-state index in [1.807, 2.05) is 0 Å². The van der Waals surface area contributed by atoms with Gasteiger partial charge in [-0.05, 0) is 11.1 Å². The third-order valence-electron chi connectivity index (χ3n) is 2.69. The normalized spacial score (nSPS) is 12.1. The Labute approximate surface area is 123 Å². The molecule has 0 aliphatic rings. The molecule has 0 aliphatic carbocycles. The third kappa shape index (κ3) is 5.84. The molecule has 0 spiro atoms. The van der Waals surface area contributed by atoms with E-state index < -0.39 is 36.8 Å². The molecule has 0 amide bonds. The van der Waals surface area contributed by atoms with Gasteiger partial charge in [0.1, 0.15) is 12.5 Å². The SMILES string of the molecule is [N-]=[N+]=NCC(=O)C(CC(=O)OCc1ccccc1)C(F)(F)F. The second-order valence-electron chi connectivity index (χ2n) is 4.30. The maximum Gasteiger partial charge on any atom is 0.399 e. The van der Waals surface area contributed by atoms with Crippen molar-refractivity contribution in [2.45, 2.75) is 19.2 Å². The highest BCUT2D eigenvalue weighted by molar-refractivity contribution is 5.87. The summed E-state index contributed by atoms with van der Waals surface area (Å²) < 4.78 is 43.0. The quantitative estimate of drug-likeness (QED) is 0.335. The van der Waals surface area contributed by atoms with Crippen molar-refractivity contribution in [2.75, 3.05) is 6.54 Å². The first-order valence-corrected chi connectivity index (χ1v) is 6.14. The number of alkyl halides is 3. The van der Waals surface area contributed by atoms with Gasteiger partial charge in [-0.3, -0.25) is 9.59 Å². The number of halogens is 3. The molecule has 1 aromatic rings. The predicted molar refractivity (Wildman–Crippen MR) is 69.4 cm³/mol. The zero-order chi connectivity index (χ0) is 16.6. The topological polar surface area (TPSA) is 92.1 Å². The second kappa shape index (κ2) is 8.04. The van der Waals surface area contributed by atoms with Gasteiger partial charge in [-0.25, -0.2) is 0 Å². The van der Waals surface area contributed by atoms with Gasteiger partial charge in [0.15, 0.2) is 5.78 Å². The van der Waals surface area contributed by atoms with Crippen molar-refractivity contribution in [3.05, 3.63) is 46.3 Å². The third-order valence-corrected chi connectivity index (χ3v) is 2.69. The second-order valence-corrected chi connectivity index (χ2v) is 4.30. The van der Waals surface area contributed by atoms with Crippen LogP contribution in [-0.4, -0.2) is 24.5 Å². The van der Waals surface area contributed by atoms with Gasteiger partial charge in [0.25, 0.3) is 0 Å². The molecule has 1 atom stereocenters. The van der Waals surface area contributed by atoms with Crippen molar-refractivity contribution in [2.24, 2.45) is 11.0 Å². The van der Waals surface area contributed by atoms with Gasteiger partial charge in [0.05, 0.1) is 13.0 Å². The van der Waals surface area contributed by atoms with Crippen molar-refractivity contribution in [3.63, 3.8) is 0 Å². The molecule has 0 bridgehead atoms. The predicted octanol–water partition coefficient (Wildman–Crippen LogP) is 3.18. The van der Waals surface area contributed by atoms with Crippen molar-refractivity contribution in [1.82, 2.24) is 0 Å². The minimum Gasteiger partial charge on any atom is -0.461 e. The Morgan fingerprint density at radius 3 is 2.45 bits per heavy atom. The van der Waals surface area contributed by atoms with Crippen LogP contribution >= 0.6 is 0 Å². The van der Waals surface area contributed by atoms with Crippen LogP contribution in [0.4, 0.5) is 13.2 Å². The van der Waals surface area contributed by atoms with Crippen LogP contribution in [0.1, 0.15) is 12.0 Å². The van der Waals surface area contributed by atoms with Gasteiger partial charge in [-0.2, -0.15) is 13.2 Å². The van der Waals surface area contributed by atoms with E-state index in [0.717, 1.165) is 0 Å². The number of ether oxygens (including phenoxy) is 1. The van der Waals surface area contributed by atoms with E-state index in [2.05, 4.69) is 10.0 Å². The van der Waals surface area contributed by atoms with Gasteiger partial charge >= 0.3 is 12.1 Å². The fourth-order valence-electron chi connectivity index (χ4n) is 1.59. The standard InChI is InChI=1S/C13H12F3N3O3/c14-13(15,16)10(11(20)7-18-19-17)6-12(21)22-8-9-4-2-1-3-5-9/h1-5,10H,6-8H2. The molecule has 0 aliphatic heterocycles. The van der Waals surface area contributed by atoms with Crippen molar-refractivity contribution in [3.8, 4) is 0 Å². The number of carbonyl (C=O) groups is 2. The molecule has 0 fully saturated rings. The minimum absolute atomic E-state index is 0.186. The Kier molecular flexibility index (Phi) is 6.40. The van der Waals surface area contributed by atoms with E-state index in [9.17, 15) is 22.8 Å². The summed E-state index contributed by atoms with van der Waals surface area (Å²) in [6, 6.07) is 8.39. The zero-order valence-corrected chi connectivity index (χ0v) is 11.3. The zero-order valence-electron chi connectivity index (χ0n) is 11.3. The Morgan fingerprint density at radius 2 is 1.91 bits per heavy atom. The average molecular weight is 315 g/mol. The van der Waals surface area contributed by atoms with Crippen LogP contribution in [0.15, 0.2) is 35.4 Å². The summed E-state index contributed by atoms with van der Waals surface area (Å²) in [4.78, 5) is 25.1. The molecule has 6 nitrogen and oxygen atoms in total. The Hall–Kier alpha value is -2.54. The number of hydrogen-bond acceptors (Lipinski definition) is 4. The molecule has 0 N–H and O–H groups in total. The summed E-state index contributed by atoms with van der Waals surface area (Å²) in [5.41, 5.74) is 8.64. The molecular weight excluding hydrogens is 303 g/mol. The number of esters is 1. The van der Waals surface area contributed by atoms with E-state index in [1.54, 1.807) is 30.3 Å². The highest BCUT2D eigenvalue weighted by Gasteiger charge is 2.45. The van der Waals surface area contributed by atoms with Gasteiger partial charge in [-0.1, -0.05) is 35.4 Å². The number of azide groups is 1.